The third kappa shape index (κ3) is 4.80. The van der Waals surface area contributed by atoms with Crippen LogP contribution in [0, 0.1) is 0 Å². The van der Waals surface area contributed by atoms with E-state index < -0.39 is 6.09 Å². The van der Waals surface area contributed by atoms with E-state index in [-0.39, 0.29) is 6.01 Å². The van der Waals surface area contributed by atoms with E-state index >= 15 is 0 Å². The molecule has 2 aromatic rings. The van der Waals surface area contributed by atoms with Crippen LogP contribution < -0.4 is 19.6 Å². The number of benzene rings is 1. The van der Waals surface area contributed by atoms with E-state index in [0.29, 0.717) is 28.8 Å². The Morgan fingerprint density at radius 2 is 1.72 bits per heavy atom. The Morgan fingerprint density at radius 3 is 2.32 bits per heavy atom. The summed E-state index contributed by atoms with van der Waals surface area (Å²) in [6.45, 7) is 1.71. The first-order chi connectivity index (χ1) is 12.1. The van der Waals surface area contributed by atoms with E-state index in [4.69, 9.17) is 14.2 Å². The second kappa shape index (κ2) is 8.48. The molecule has 0 saturated carbocycles. The molecular formula is C16H18N4O5. The van der Waals surface area contributed by atoms with Gasteiger partial charge < -0.3 is 18.9 Å². The highest BCUT2D eigenvalue weighted by Gasteiger charge is 2.12. The summed E-state index contributed by atoms with van der Waals surface area (Å²) in [5.41, 5.74) is 3.41. The number of hydrazone groups is 1. The number of carbonyl (C=O) groups excluding carboxylic acids is 1. The van der Waals surface area contributed by atoms with Crippen LogP contribution in [0.5, 0.6) is 23.5 Å². The van der Waals surface area contributed by atoms with Crippen molar-refractivity contribution in [2.75, 3.05) is 21.3 Å². The quantitative estimate of drug-likeness (QED) is 0.632. The van der Waals surface area contributed by atoms with E-state index in [2.05, 4.69) is 25.2 Å². The molecule has 0 aliphatic rings. The largest absolute Gasteiger partial charge is 0.481 e. The van der Waals surface area contributed by atoms with Gasteiger partial charge in [0.05, 0.1) is 33.1 Å². The zero-order valence-electron chi connectivity index (χ0n) is 14.3. The number of amides is 1. The molecule has 0 atom stereocenters. The molecule has 0 aliphatic carbocycles. The van der Waals surface area contributed by atoms with E-state index in [1.807, 2.05) is 6.07 Å². The van der Waals surface area contributed by atoms with Crippen LogP contribution in [-0.2, 0) is 4.74 Å². The van der Waals surface area contributed by atoms with Crippen LogP contribution in [0.3, 0.4) is 0 Å². The fourth-order valence-corrected chi connectivity index (χ4v) is 1.83. The van der Waals surface area contributed by atoms with Crippen LogP contribution in [0.2, 0.25) is 0 Å². The molecule has 9 heteroatoms. The minimum absolute atomic E-state index is 0.0531. The molecule has 25 heavy (non-hydrogen) atoms. The van der Waals surface area contributed by atoms with Crippen LogP contribution in [0.4, 0.5) is 4.79 Å². The normalized spacial score (nSPS) is 10.8. The number of ether oxygens (including phenoxy) is 4. The van der Waals surface area contributed by atoms with Gasteiger partial charge in [-0.05, 0) is 19.1 Å². The number of nitrogens with one attached hydrogen (secondary N) is 1. The van der Waals surface area contributed by atoms with Crippen LogP contribution in [-0.4, -0.2) is 43.1 Å². The maximum atomic E-state index is 11.1. The number of methoxy groups -OCH3 is 3. The van der Waals surface area contributed by atoms with Gasteiger partial charge in [0.1, 0.15) is 5.75 Å². The van der Waals surface area contributed by atoms with Crippen molar-refractivity contribution in [3.63, 3.8) is 0 Å². The summed E-state index contributed by atoms with van der Waals surface area (Å²) in [6, 6.07) is 8.69. The van der Waals surface area contributed by atoms with Gasteiger partial charge in [0.25, 0.3) is 0 Å². The van der Waals surface area contributed by atoms with Crippen LogP contribution in [0.25, 0.3) is 0 Å². The molecule has 0 bridgehead atoms. The molecule has 132 valence electrons. The second-order valence-electron chi connectivity index (χ2n) is 4.63. The highest BCUT2D eigenvalue weighted by atomic mass is 16.5. The number of hydrogen-bond acceptors (Lipinski definition) is 8. The summed E-state index contributed by atoms with van der Waals surface area (Å²) in [5.74, 6) is 1.06. The maximum absolute atomic E-state index is 11.1. The molecule has 0 radical (unpaired) electrons. The van der Waals surface area contributed by atoms with Gasteiger partial charge in [-0.3, -0.25) is 0 Å². The summed E-state index contributed by atoms with van der Waals surface area (Å²) in [5, 5.41) is 3.96. The fraction of sp³-hybridized carbons (Fsp3) is 0.250. The Bertz CT molecular complexity index is 757. The monoisotopic (exact) mass is 346 g/mol. The Morgan fingerprint density at radius 1 is 1.08 bits per heavy atom. The smallest absolute Gasteiger partial charge is 0.427 e. The molecule has 9 nitrogen and oxygen atoms in total. The maximum Gasteiger partial charge on any atom is 0.427 e. The first kappa shape index (κ1) is 18.0. The molecule has 1 aromatic heterocycles. The van der Waals surface area contributed by atoms with E-state index in [1.165, 1.54) is 27.4 Å². The molecule has 0 spiro atoms. The van der Waals surface area contributed by atoms with Crippen LogP contribution >= 0.6 is 0 Å². The van der Waals surface area contributed by atoms with Gasteiger partial charge in [0.2, 0.25) is 11.8 Å². The first-order valence-corrected chi connectivity index (χ1v) is 7.20. The van der Waals surface area contributed by atoms with Crippen molar-refractivity contribution in [1.82, 2.24) is 15.4 Å². The first-order valence-electron chi connectivity index (χ1n) is 7.20. The summed E-state index contributed by atoms with van der Waals surface area (Å²) in [6.07, 6.45) is -0.668. The van der Waals surface area contributed by atoms with Gasteiger partial charge in [-0.2, -0.15) is 15.1 Å². The number of aromatic nitrogens is 2. The molecule has 1 amide bonds. The fourth-order valence-electron chi connectivity index (χ4n) is 1.83. The summed E-state index contributed by atoms with van der Waals surface area (Å²) < 4.78 is 20.4. The van der Waals surface area contributed by atoms with Crippen molar-refractivity contribution in [1.29, 1.82) is 0 Å². The van der Waals surface area contributed by atoms with Crippen molar-refractivity contribution in [2.24, 2.45) is 5.10 Å². The average molecular weight is 346 g/mol. The molecule has 1 heterocycles. The van der Waals surface area contributed by atoms with Gasteiger partial charge in [-0.15, -0.1) is 0 Å². The number of para-hydroxylation sites is 1. The topological polar surface area (TPSA) is 104 Å². The van der Waals surface area contributed by atoms with Crippen molar-refractivity contribution in [3.8, 4) is 23.5 Å². The molecule has 1 N–H and O–H groups in total. The van der Waals surface area contributed by atoms with Crippen molar-refractivity contribution < 1.29 is 23.7 Å². The predicted octanol–water partition coefficient (Wildman–Crippen LogP) is 2.37. The number of rotatable bonds is 6. The molecule has 0 aliphatic heterocycles. The standard InChI is InChI=1S/C16H18N4O5/c1-10(19-20-16(21)24-4)11-7-5-6-8-12(11)25-15-17-13(22-2)9-14(18-15)23-3/h5-9H,1-4H3,(H,20,21)/b19-10+. The lowest BCUT2D eigenvalue weighted by molar-refractivity contribution is 0.171. The average Bonchev–Trinajstić information content (AvgIpc) is 2.65. The predicted molar refractivity (Wildman–Crippen MR) is 89.4 cm³/mol. The van der Waals surface area contributed by atoms with Crippen molar-refractivity contribution in [2.45, 2.75) is 6.92 Å². The Kier molecular flexibility index (Phi) is 6.10. The molecule has 0 fully saturated rings. The van der Waals surface area contributed by atoms with Gasteiger partial charge in [0.15, 0.2) is 0 Å². The number of hydrogen-bond donors (Lipinski definition) is 1. The zero-order valence-corrected chi connectivity index (χ0v) is 14.3. The van der Waals surface area contributed by atoms with Crippen molar-refractivity contribution in [3.05, 3.63) is 35.9 Å². The lowest BCUT2D eigenvalue weighted by Crippen LogP contribution is -2.18. The van der Waals surface area contributed by atoms with Crippen LogP contribution in [0.1, 0.15) is 12.5 Å². The van der Waals surface area contributed by atoms with E-state index in [0.717, 1.165) is 0 Å². The lowest BCUT2D eigenvalue weighted by Gasteiger charge is -2.11. The zero-order chi connectivity index (χ0) is 18.2. The lowest BCUT2D eigenvalue weighted by atomic mass is 10.1. The van der Waals surface area contributed by atoms with Gasteiger partial charge in [-0.25, -0.2) is 10.2 Å². The van der Waals surface area contributed by atoms with E-state index in [1.54, 1.807) is 25.1 Å². The van der Waals surface area contributed by atoms with E-state index in [9.17, 15) is 4.79 Å². The molecular weight excluding hydrogens is 328 g/mol. The molecule has 0 saturated heterocycles. The molecule has 2 rings (SSSR count). The summed E-state index contributed by atoms with van der Waals surface area (Å²) >= 11 is 0. The third-order valence-electron chi connectivity index (χ3n) is 3.06. The van der Waals surface area contributed by atoms with Gasteiger partial charge >= 0.3 is 12.1 Å². The second-order valence-corrected chi connectivity index (χ2v) is 4.63. The van der Waals surface area contributed by atoms with Gasteiger partial charge in [-0.1, -0.05) is 12.1 Å². The Balaban J connectivity index is 2.31. The molecule has 0 unspecified atom stereocenters. The van der Waals surface area contributed by atoms with Crippen LogP contribution in [0.15, 0.2) is 35.4 Å². The SMILES string of the molecule is COC(=O)N/N=C(\C)c1ccccc1Oc1nc(OC)cc(OC)n1. The molecule has 1 aromatic carbocycles. The minimum atomic E-state index is -0.668. The highest BCUT2D eigenvalue weighted by molar-refractivity contribution is 6.01. The highest BCUT2D eigenvalue weighted by Crippen LogP contribution is 2.26. The summed E-state index contributed by atoms with van der Waals surface area (Å²) in [7, 11) is 4.22. The third-order valence-corrected chi connectivity index (χ3v) is 3.06. The Hall–Kier alpha value is -3.36. The number of nitrogens with zero attached hydrogens (tertiary/aromatic N) is 3. The summed E-state index contributed by atoms with van der Waals surface area (Å²) in [4.78, 5) is 19.4. The number of carbonyl (C=O) groups is 1. The van der Waals surface area contributed by atoms with Gasteiger partial charge in [0, 0.05) is 5.56 Å². The minimum Gasteiger partial charge on any atom is -0.481 e. The van der Waals surface area contributed by atoms with Crippen molar-refractivity contribution >= 4 is 11.8 Å². The Labute approximate surface area is 144 Å².